The van der Waals surface area contributed by atoms with Crippen LogP contribution in [0.25, 0.3) is 0 Å². The van der Waals surface area contributed by atoms with E-state index in [0.717, 1.165) is 67.7 Å². The number of hydrogen-bond acceptors (Lipinski definition) is 4. The molecule has 3 heterocycles. The molecule has 2 N–H and O–H groups in total. The van der Waals surface area contributed by atoms with Crippen molar-refractivity contribution in [2.24, 2.45) is 0 Å². The average molecular weight is 361 g/mol. The summed E-state index contributed by atoms with van der Waals surface area (Å²) in [6, 6.07) is 9.03. The van der Waals surface area contributed by atoms with Gasteiger partial charge in [0.1, 0.15) is 5.75 Å². The third-order valence-electron chi connectivity index (χ3n) is 5.20. The first kappa shape index (κ1) is 16.7. The van der Waals surface area contributed by atoms with Gasteiger partial charge in [0.2, 0.25) is 0 Å². The first-order chi connectivity index (χ1) is 12.2. The Bertz CT molecular complexity index is 724. The maximum atomic E-state index is 6.34. The Morgan fingerprint density at radius 2 is 2.12 bits per heavy atom. The van der Waals surface area contributed by atoms with E-state index < -0.39 is 0 Å². The lowest BCUT2D eigenvalue weighted by Crippen LogP contribution is -2.43. The van der Waals surface area contributed by atoms with E-state index in [-0.39, 0.29) is 0 Å². The number of H-pyrrole nitrogens is 1. The van der Waals surface area contributed by atoms with Gasteiger partial charge in [-0.15, -0.1) is 0 Å². The summed E-state index contributed by atoms with van der Waals surface area (Å²) >= 11 is 6.34. The van der Waals surface area contributed by atoms with Crippen LogP contribution in [0.15, 0.2) is 24.3 Å². The first-order valence-electron chi connectivity index (χ1n) is 9.15. The van der Waals surface area contributed by atoms with E-state index in [2.05, 4.69) is 32.5 Å². The SMILES string of the molecule is Cc1cc(N2CCC(N[C@H]3CCCOc4c(Cl)cccc43)CC2)n[nH]1. The molecule has 0 spiro atoms. The Labute approximate surface area is 153 Å². The lowest BCUT2D eigenvalue weighted by atomic mass is 9.98. The normalized spacial score (nSPS) is 21.5. The van der Waals surface area contributed by atoms with E-state index in [4.69, 9.17) is 16.3 Å². The highest BCUT2D eigenvalue weighted by molar-refractivity contribution is 6.32. The molecule has 25 heavy (non-hydrogen) atoms. The summed E-state index contributed by atoms with van der Waals surface area (Å²) in [5.74, 6) is 1.93. The van der Waals surface area contributed by atoms with Crippen LogP contribution < -0.4 is 15.0 Å². The lowest BCUT2D eigenvalue weighted by molar-refractivity contribution is 0.312. The van der Waals surface area contributed by atoms with Gasteiger partial charge in [0.25, 0.3) is 0 Å². The number of hydrogen-bond donors (Lipinski definition) is 2. The van der Waals surface area contributed by atoms with Gasteiger partial charge >= 0.3 is 0 Å². The van der Waals surface area contributed by atoms with Gasteiger partial charge in [0, 0.05) is 42.5 Å². The molecule has 0 saturated carbocycles. The highest BCUT2D eigenvalue weighted by atomic mass is 35.5. The van der Waals surface area contributed by atoms with E-state index in [9.17, 15) is 0 Å². The molecule has 2 aliphatic rings. The Balaban J connectivity index is 1.41. The minimum atomic E-state index is 0.320. The van der Waals surface area contributed by atoms with Crippen molar-refractivity contribution in [2.45, 2.75) is 44.7 Å². The second-order valence-corrected chi connectivity index (χ2v) is 7.45. The van der Waals surface area contributed by atoms with Crippen LogP contribution in [0.4, 0.5) is 5.82 Å². The summed E-state index contributed by atoms with van der Waals surface area (Å²) < 4.78 is 5.88. The summed E-state index contributed by atoms with van der Waals surface area (Å²) in [5, 5.41) is 12.0. The number of para-hydroxylation sites is 1. The van der Waals surface area contributed by atoms with Gasteiger partial charge < -0.3 is 15.0 Å². The highest BCUT2D eigenvalue weighted by Crippen LogP contribution is 2.37. The molecule has 1 saturated heterocycles. The van der Waals surface area contributed by atoms with Crippen molar-refractivity contribution < 1.29 is 4.74 Å². The molecule has 0 bridgehead atoms. The molecule has 2 aliphatic heterocycles. The number of halogens is 1. The summed E-state index contributed by atoms with van der Waals surface area (Å²) in [4.78, 5) is 2.36. The average Bonchev–Trinajstić information content (AvgIpc) is 2.95. The maximum Gasteiger partial charge on any atom is 0.150 e. The second-order valence-electron chi connectivity index (χ2n) is 7.04. The first-order valence-corrected chi connectivity index (χ1v) is 9.53. The van der Waals surface area contributed by atoms with Crippen molar-refractivity contribution >= 4 is 17.4 Å². The molecule has 6 heteroatoms. The van der Waals surface area contributed by atoms with Gasteiger partial charge in [-0.2, -0.15) is 5.10 Å². The topological polar surface area (TPSA) is 53.2 Å². The van der Waals surface area contributed by atoms with Crippen LogP contribution in [0.2, 0.25) is 5.02 Å². The monoisotopic (exact) mass is 360 g/mol. The van der Waals surface area contributed by atoms with Gasteiger partial charge in [-0.05, 0) is 38.7 Å². The zero-order valence-corrected chi connectivity index (χ0v) is 15.4. The number of ether oxygens (including phenoxy) is 1. The fraction of sp³-hybridized carbons (Fsp3) is 0.526. The number of aromatic nitrogens is 2. The maximum absolute atomic E-state index is 6.34. The smallest absolute Gasteiger partial charge is 0.150 e. The zero-order valence-electron chi connectivity index (χ0n) is 14.6. The van der Waals surface area contributed by atoms with Crippen LogP contribution in [0, 0.1) is 6.92 Å². The fourth-order valence-corrected chi connectivity index (χ4v) is 4.10. The number of benzene rings is 1. The molecular formula is C19H25ClN4O. The Morgan fingerprint density at radius 1 is 1.28 bits per heavy atom. The van der Waals surface area contributed by atoms with Gasteiger partial charge in [-0.1, -0.05) is 23.7 Å². The Kier molecular flexibility index (Phi) is 4.86. The van der Waals surface area contributed by atoms with Gasteiger partial charge in [0.05, 0.1) is 11.6 Å². The van der Waals surface area contributed by atoms with Crippen molar-refractivity contribution in [1.82, 2.24) is 15.5 Å². The number of rotatable bonds is 3. The standard InChI is InChI=1S/C19H25ClN4O/c1-13-12-18(23-22-13)24-9-7-14(8-10-24)21-17-6-3-11-25-19-15(17)4-2-5-16(19)20/h2,4-5,12,14,17,21H,3,6-11H2,1H3,(H,22,23)/t17-/m0/s1. The quantitative estimate of drug-likeness (QED) is 0.873. The summed E-state index contributed by atoms with van der Waals surface area (Å²) in [6.45, 7) is 4.86. The van der Waals surface area contributed by atoms with Gasteiger partial charge in [-0.3, -0.25) is 5.10 Å². The van der Waals surface area contributed by atoms with Crippen LogP contribution in [0.3, 0.4) is 0 Å². The molecule has 0 radical (unpaired) electrons. The number of anilines is 1. The second kappa shape index (κ2) is 7.26. The summed E-state index contributed by atoms with van der Waals surface area (Å²) in [5.41, 5.74) is 2.32. The van der Waals surface area contributed by atoms with Crippen molar-refractivity contribution in [3.63, 3.8) is 0 Å². The zero-order chi connectivity index (χ0) is 17.2. The van der Waals surface area contributed by atoms with Crippen LogP contribution >= 0.6 is 11.6 Å². The number of fused-ring (bicyclic) bond motifs is 1. The third-order valence-corrected chi connectivity index (χ3v) is 5.50. The van der Waals surface area contributed by atoms with Gasteiger partial charge in [-0.25, -0.2) is 0 Å². The van der Waals surface area contributed by atoms with Gasteiger partial charge in [0.15, 0.2) is 5.82 Å². The minimum absolute atomic E-state index is 0.320. The number of aryl methyl sites for hydroxylation is 1. The van der Waals surface area contributed by atoms with E-state index >= 15 is 0 Å². The number of aromatic amines is 1. The van der Waals surface area contributed by atoms with Crippen LogP contribution in [-0.4, -0.2) is 35.9 Å². The molecular weight excluding hydrogens is 336 g/mol. The number of piperidine rings is 1. The van der Waals surface area contributed by atoms with E-state index in [1.54, 1.807) is 0 Å². The van der Waals surface area contributed by atoms with E-state index in [0.29, 0.717) is 12.1 Å². The molecule has 1 aromatic carbocycles. The minimum Gasteiger partial charge on any atom is -0.492 e. The molecule has 1 atom stereocenters. The van der Waals surface area contributed by atoms with Crippen molar-refractivity contribution in [3.8, 4) is 5.75 Å². The number of nitrogens with zero attached hydrogens (tertiary/aromatic N) is 2. The van der Waals surface area contributed by atoms with E-state index in [1.165, 1.54) is 5.56 Å². The predicted octanol–water partition coefficient (Wildman–Crippen LogP) is 3.84. The van der Waals surface area contributed by atoms with Crippen LogP contribution in [-0.2, 0) is 0 Å². The molecule has 5 nitrogen and oxygen atoms in total. The van der Waals surface area contributed by atoms with Crippen molar-refractivity contribution in [1.29, 1.82) is 0 Å². The molecule has 4 rings (SSSR count). The van der Waals surface area contributed by atoms with Crippen LogP contribution in [0.5, 0.6) is 5.75 Å². The molecule has 1 fully saturated rings. The molecule has 0 aliphatic carbocycles. The highest BCUT2D eigenvalue weighted by Gasteiger charge is 2.26. The largest absolute Gasteiger partial charge is 0.492 e. The molecule has 0 amide bonds. The number of nitrogens with one attached hydrogen (secondary N) is 2. The van der Waals surface area contributed by atoms with Crippen LogP contribution in [0.1, 0.15) is 43.0 Å². The van der Waals surface area contributed by atoms with Crippen molar-refractivity contribution in [2.75, 3.05) is 24.6 Å². The third kappa shape index (κ3) is 3.62. The Hall–Kier alpha value is -1.72. The Morgan fingerprint density at radius 3 is 2.88 bits per heavy atom. The van der Waals surface area contributed by atoms with E-state index in [1.807, 2.05) is 19.1 Å². The lowest BCUT2D eigenvalue weighted by Gasteiger charge is -2.34. The summed E-state index contributed by atoms with van der Waals surface area (Å²) in [6.07, 6.45) is 4.39. The molecule has 1 aromatic heterocycles. The predicted molar refractivity (Wildman–Crippen MR) is 101 cm³/mol. The fourth-order valence-electron chi connectivity index (χ4n) is 3.87. The molecule has 2 aromatic rings. The van der Waals surface area contributed by atoms with Crippen molar-refractivity contribution in [3.05, 3.63) is 40.5 Å². The molecule has 0 unspecified atom stereocenters. The summed E-state index contributed by atoms with van der Waals surface area (Å²) in [7, 11) is 0. The molecule has 134 valence electrons.